The summed E-state index contributed by atoms with van der Waals surface area (Å²) in [6.45, 7) is 0. The number of nitrogens with one attached hydrogen (secondary N) is 1. The molecule has 19 heavy (non-hydrogen) atoms. The van der Waals surface area contributed by atoms with E-state index in [1.807, 2.05) is 5.38 Å². The third-order valence-corrected chi connectivity index (χ3v) is 4.87. The van der Waals surface area contributed by atoms with Gasteiger partial charge in [-0.05, 0) is 25.7 Å². The third-order valence-electron chi connectivity index (χ3n) is 4.09. The summed E-state index contributed by atoms with van der Waals surface area (Å²) >= 11 is 1.47. The molecule has 2 saturated carbocycles. The number of rotatable bonds is 3. The Labute approximate surface area is 116 Å². The van der Waals surface area contributed by atoms with Gasteiger partial charge in [-0.2, -0.15) is 5.26 Å². The molecule has 0 saturated heterocycles. The molecule has 2 aliphatic rings. The molecule has 0 atom stereocenters. The van der Waals surface area contributed by atoms with Crippen molar-refractivity contribution in [2.24, 2.45) is 5.41 Å². The smallest absolute Gasteiger partial charge is 0.246 e. The normalized spacial score (nSPS) is 21.6. The van der Waals surface area contributed by atoms with Crippen LogP contribution in [0.3, 0.4) is 0 Å². The molecule has 0 spiro atoms. The molecule has 0 unspecified atom stereocenters. The zero-order chi connectivity index (χ0) is 13.3. The SMILES string of the molecule is N#CC1(C(=O)Nc2nc(C3CC3)cs2)CCCCC1. The standard InChI is InChI=1S/C14H17N3OS/c15-9-14(6-2-1-3-7-14)12(18)17-13-16-11(8-19-13)10-4-5-10/h8,10H,1-7H2,(H,16,17,18). The lowest BCUT2D eigenvalue weighted by molar-refractivity contribution is -0.124. The van der Waals surface area contributed by atoms with Gasteiger partial charge in [-0.3, -0.25) is 4.79 Å². The second kappa shape index (κ2) is 4.93. The Morgan fingerprint density at radius 2 is 2.16 bits per heavy atom. The highest BCUT2D eigenvalue weighted by Crippen LogP contribution is 2.41. The van der Waals surface area contributed by atoms with Crippen LogP contribution in [-0.4, -0.2) is 10.9 Å². The molecule has 1 heterocycles. The highest BCUT2D eigenvalue weighted by Gasteiger charge is 2.40. The van der Waals surface area contributed by atoms with Crippen LogP contribution in [0.15, 0.2) is 5.38 Å². The van der Waals surface area contributed by atoms with Crippen LogP contribution in [0.5, 0.6) is 0 Å². The quantitative estimate of drug-likeness (QED) is 0.919. The molecule has 2 aliphatic carbocycles. The van der Waals surface area contributed by atoms with Gasteiger partial charge in [0.25, 0.3) is 0 Å². The molecule has 1 aromatic heterocycles. The minimum absolute atomic E-state index is 0.161. The lowest BCUT2D eigenvalue weighted by atomic mass is 9.74. The Bertz CT molecular complexity index is 521. The van der Waals surface area contributed by atoms with Crippen LogP contribution >= 0.6 is 11.3 Å². The average Bonchev–Trinajstić information content (AvgIpc) is 3.20. The predicted molar refractivity (Wildman–Crippen MR) is 73.8 cm³/mol. The molecular weight excluding hydrogens is 258 g/mol. The summed E-state index contributed by atoms with van der Waals surface area (Å²) < 4.78 is 0. The van der Waals surface area contributed by atoms with Gasteiger partial charge < -0.3 is 5.32 Å². The van der Waals surface area contributed by atoms with Crippen molar-refractivity contribution in [3.8, 4) is 6.07 Å². The van der Waals surface area contributed by atoms with Crippen LogP contribution in [0.1, 0.15) is 56.6 Å². The van der Waals surface area contributed by atoms with E-state index in [4.69, 9.17) is 0 Å². The van der Waals surface area contributed by atoms with Crippen molar-refractivity contribution < 1.29 is 4.79 Å². The van der Waals surface area contributed by atoms with E-state index in [-0.39, 0.29) is 5.91 Å². The van der Waals surface area contributed by atoms with Crippen LogP contribution in [0.4, 0.5) is 5.13 Å². The van der Waals surface area contributed by atoms with Crippen molar-refractivity contribution in [1.82, 2.24) is 4.98 Å². The van der Waals surface area contributed by atoms with Gasteiger partial charge in [0.1, 0.15) is 5.41 Å². The highest BCUT2D eigenvalue weighted by atomic mass is 32.1. The van der Waals surface area contributed by atoms with Crippen LogP contribution in [-0.2, 0) is 4.79 Å². The first-order valence-corrected chi connectivity index (χ1v) is 7.80. The molecule has 0 aromatic carbocycles. The Morgan fingerprint density at radius 1 is 1.42 bits per heavy atom. The van der Waals surface area contributed by atoms with Gasteiger partial charge in [0, 0.05) is 11.3 Å². The van der Waals surface area contributed by atoms with Gasteiger partial charge in [-0.1, -0.05) is 19.3 Å². The fraction of sp³-hybridized carbons (Fsp3) is 0.643. The second-order valence-corrected chi connectivity index (χ2v) is 6.42. The number of carbonyl (C=O) groups is 1. The first-order chi connectivity index (χ1) is 9.23. The molecule has 4 nitrogen and oxygen atoms in total. The second-order valence-electron chi connectivity index (χ2n) is 5.56. The van der Waals surface area contributed by atoms with Gasteiger partial charge in [-0.15, -0.1) is 11.3 Å². The monoisotopic (exact) mass is 275 g/mol. The summed E-state index contributed by atoms with van der Waals surface area (Å²) in [5.41, 5.74) is 0.263. The lowest BCUT2D eigenvalue weighted by Gasteiger charge is -2.28. The summed E-state index contributed by atoms with van der Waals surface area (Å²) in [5, 5.41) is 14.9. The number of thiazole rings is 1. The van der Waals surface area contributed by atoms with Crippen molar-refractivity contribution in [3.63, 3.8) is 0 Å². The Kier molecular flexibility index (Phi) is 3.28. The van der Waals surface area contributed by atoms with E-state index in [0.29, 0.717) is 23.9 Å². The Hall–Kier alpha value is -1.41. The third kappa shape index (κ3) is 2.50. The van der Waals surface area contributed by atoms with Crippen molar-refractivity contribution in [1.29, 1.82) is 5.26 Å². The van der Waals surface area contributed by atoms with E-state index in [2.05, 4.69) is 16.4 Å². The average molecular weight is 275 g/mol. The summed E-state index contributed by atoms with van der Waals surface area (Å²) in [4.78, 5) is 16.8. The molecule has 0 radical (unpaired) electrons. The van der Waals surface area contributed by atoms with Crippen molar-refractivity contribution >= 4 is 22.4 Å². The fourth-order valence-electron chi connectivity index (χ4n) is 2.67. The Balaban J connectivity index is 1.70. The van der Waals surface area contributed by atoms with Gasteiger partial charge in [0.2, 0.25) is 5.91 Å². The highest BCUT2D eigenvalue weighted by molar-refractivity contribution is 7.13. The van der Waals surface area contributed by atoms with Gasteiger partial charge in [0.05, 0.1) is 11.8 Å². The molecule has 100 valence electrons. The molecule has 0 bridgehead atoms. The van der Waals surface area contributed by atoms with Crippen LogP contribution in [0, 0.1) is 16.7 Å². The topological polar surface area (TPSA) is 65.8 Å². The summed E-state index contributed by atoms with van der Waals surface area (Å²) in [6, 6.07) is 2.24. The number of hydrogen-bond acceptors (Lipinski definition) is 4. The molecule has 0 aliphatic heterocycles. The lowest BCUT2D eigenvalue weighted by Crippen LogP contribution is -2.36. The maximum absolute atomic E-state index is 12.3. The summed E-state index contributed by atoms with van der Waals surface area (Å²) in [6.07, 6.45) is 6.82. The zero-order valence-electron chi connectivity index (χ0n) is 10.8. The molecule has 1 aromatic rings. The summed E-state index contributed by atoms with van der Waals surface area (Å²) in [5.74, 6) is 0.438. The van der Waals surface area contributed by atoms with E-state index >= 15 is 0 Å². The minimum Gasteiger partial charge on any atom is -0.301 e. The molecule has 5 heteroatoms. The van der Waals surface area contributed by atoms with E-state index in [1.54, 1.807) is 0 Å². The van der Waals surface area contributed by atoms with Crippen LogP contribution < -0.4 is 5.32 Å². The zero-order valence-corrected chi connectivity index (χ0v) is 11.6. The van der Waals surface area contributed by atoms with Gasteiger partial charge in [0.15, 0.2) is 5.13 Å². The summed E-state index contributed by atoms with van der Waals surface area (Å²) in [7, 11) is 0. The fourth-order valence-corrected chi connectivity index (χ4v) is 3.46. The number of nitrogens with zero attached hydrogens (tertiary/aromatic N) is 2. The number of amides is 1. The van der Waals surface area contributed by atoms with E-state index in [1.165, 1.54) is 24.2 Å². The maximum Gasteiger partial charge on any atom is 0.246 e. The number of hydrogen-bond donors (Lipinski definition) is 1. The maximum atomic E-state index is 12.3. The molecule has 2 fully saturated rings. The number of anilines is 1. The van der Waals surface area contributed by atoms with Crippen molar-refractivity contribution in [2.75, 3.05) is 5.32 Å². The first kappa shape index (κ1) is 12.6. The number of carbonyl (C=O) groups excluding carboxylic acids is 1. The first-order valence-electron chi connectivity index (χ1n) is 6.92. The van der Waals surface area contributed by atoms with Crippen molar-refractivity contribution in [3.05, 3.63) is 11.1 Å². The molecule has 3 rings (SSSR count). The molecular formula is C14H17N3OS. The van der Waals surface area contributed by atoms with Crippen LogP contribution in [0.2, 0.25) is 0 Å². The number of nitriles is 1. The van der Waals surface area contributed by atoms with Crippen molar-refractivity contribution in [2.45, 2.75) is 50.9 Å². The number of aromatic nitrogens is 1. The Morgan fingerprint density at radius 3 is 2.79 bits per heavy atom. The van der Waals surface area contributed by atoms with E-state index in [9.17, 15) is 10.1 Å². The van der Waals surface area contributed by atoms with E-state index in [0.717, 1.165) is 25.0 Å². The van der Waals surface area contributed by atoms with Crippen LogP contribution in [0.25, 0.3) is 0 Å². The van der Waals surface area contributed by atoms with Gasteiger partial charge in [-0.25, -0.2) is 4.98 Å². The minimum atomic E-state index is -0.830. The largest absolute Gasteiger partial charge is 0.301 e. The molecule has 1 amide bonds. The molecule has 1 N–H and O–H groups in total. The predicted octanol–water partition coefficient (Wildman–Crippen LogP) is 3.43. The van der Waals surface area contributed by atoms with Gasteiger partial charge >= 0.3 is 0 Å². The van der Waals surface area contributed by atoms with E-state index < -0.39 is 5.41 Å².